The highest BCUT2D eigenvalue weighted by Crippen LogP contribution is 2.27. The molecule has 0 aromatic heterocycles. The Labute approximate surface area is 167 Å². The van der Waals surface area contributed by atoms with Crippen molar-refractivity contribution in [3.8, 4) is 0 Å². The fourth-order valence-corrected chi connectivity index (χ4v) is 5.26. The lowest BCUT2D eigenvalue weighted by atomic mass is 9.83. The summed E-state index contributed by atoms with van der Waals surface area (Å²) in [7, 11) is 1.19. The SMILES string of the molecule is CCS(=O)C1CCCC(NC(=NC)NCC2CCC(C)CC2)C1.I. The summed E-state index contributed by atoms with van der Waals surface area (Å²) in [6.07, 6.45) is 9.88. The van der Waals surface area contributed by atoms with Gasteiger partial charge in [-0.3, -0.25) is 9.20 Å². The Morgan fingerprint density at radius 2 is 1.88 bits per heavy atom. The van der Waals surface area contributed by atoms with Crippen LogP contribution >= 0.6 is 24.0 Å². The summed E-state index contributed by atoms with van der Waals surface area (Å²) in [6.45, 7) is 5.42. The van der Waals surface area contributed by atoms with Gasteiger partial charge in [-0.05, 0) is 43.9 Å². The quantitative estimate of drug-likeness (QED) is 0.367. The summed E-state index contributed by atoms with van der Waals surface area (Å²) < 4.78 is 12.1. The molecule has 0 saturated heterocycles. The van der Waals surface area contributed by atoms with Crippen molar-refractivity contribution in [3.05, 3.63) is 0 Å². The minimum absolute atomic E-state index is 0. The number of aliphatic imine (C=N–C) groups is 1. The number of hydrogen-bond acceptors (Lipinski definition) is 2. The van der Waals surface area contributed by atoms with Crippen LogP contribution in [0.25, 0.3) is 0 Å². The Kier molecular flexibility index (Phi) is 10.8. The molecule has 0 aliphatic heterocycles. The third-order valence-corrected chi connectivity index (χ3v) is 7.28. The van der Waals surface area contributed by atoms with Crippen LogP contribution in [-0.4, -0.2) is 40.8 Å². The Hall–Kier alpha value is 0.150. The van der Waals surface area contributed by atoms with Gasteiger partial charge in [0.2, 0.25) is 0 Å². The predicted octanol–water partition coefficient (Wildman–Crippen LogP) is 3.68. The molecule has 4 nitrogen and oxygen atoms in total. The highest BCUT2D eigenvalue weighted by molar-refractivity contribution is 14.0. The Balaban J connectivity index is 0.00000288. The summed E-state index contributed by atoms with van der Waals surface area (Å²) in [6, 6.07) is 0.418. The van der Waals surface area contributed by atoms with Gasteiger partial charge < -0.3 is 10.6 Å². The first kappa shape index (κ1) is 22.2. The summed E-state index contributed by atoms with van der Waals surface area (Å²) in [5.41, 5.74) is 0. The Morgan fingerprint density at radius 1 is 1.17 bits per heavy atom. The van der Waals surface area contributed by atoms with Gasteiger partial charge in [0.1, 0.15) is 0 Å². The van der Waals surface area contributed by atoms with Gasteiger partial charge in [-0.15, -0.1) is 24.0 Å². The molecule has 2 aliphatic rings. The van der Waals surface area contributed by atoms with E-state index in [0.29, 0.717) is 11.3 Å². The normalized spacial score (nSPS) is 32.5. The zero-order valence-corrected chi connectivity index (χ0v) is 18.7. The number of rotatable bonds is 5. The standard InChI is InChI=1S/C18H35N3OS.HI/c1-4-23(22)17-7-5-6-16(12-17)21-18(19-3)20-13-15-10-8-14(2)9-11-15;/h14-17H,4-13H2,1-3H3,(H2,19,20,21);1H. The molecule has 24 heavy (non-hydrogen) atoms. The number of hydrogen-bond donors (Lipinski definition) is 2. The van der Waals surface area contributed by atoms with Crippen LogP contribution in [0.3, 0.4) is 0 Å². The molecule has 2 aliphatic carbocycles. The Bertz CT molecular complexity index is 411. The maximum atomic E-state index is 12.1. The van der Waals surface area contributed by atoms with Gasteiger partial charge in [-0.2, -0.15) is 0 Å². The van der Waals surface area contributed by atoms with Gasteiger partial charge in [-0.25, -0.2) is 0 Å². The zero-order chi connectivity index (χ0) is 16.7. The van der Waals surface area contributed by atoms with Gasteiger partial charge in [0, 0.05) is 41.4 Å². The van der Waals surface area contributed by atoms with Crippen LogP contribution < -0.4 is 10.6 Å². The van der Waals surface area contributed by atoms with E-state index in [2.05, 4.69) is 22.5 Å². The van der Waals surface area contributed by atoms with E-state index in [4.69, 9.17) is 0 Å². The topological polar surface area (TPSA) is 53.5 Å². The summed E-state index contributed by atoms with van der Waals surface area (Å²) in [5, 5.41) is 7.45. The van der Waals surface area contributed by atoms with Gasteiger partial charge in [0.05, 0.1) is 0 Å². The van der Waals surface area contributed by atoms with E-state index in [1.54, 1.807) is 0 Å². The minimum Gasteiger partial charge on any atom is -0.356 e. The first-order chi connectivity index (χ1) is 11.1. The van der Waals surface area contributed by atoms with Gasteiger partial charge in [0.25, 0.3) is 0 Å². The molecule has 3 atom stereocenters. The molecule has 3 unspecified atom stereocenters. The molecule has 0 bridgehead atoms. The molecular weight excluding hydrogens is 433 g/mol. The number of guanidine groups is 1. The summed E-state index contributed by atoms with van der Waals surface area (Å²) >= 11 is 0. The summed E-state index contributed by atoms with van der Waals surface area (Å²) in [4.78, 5) is 4.39. The lowest BCUT2D eigenvalue weighted by molar-refractivity contribution is 0.289. The van der Waals surface area contributed by atoms with Gasteiger partial charge in [0.15, 0.2) is 5.96 Å². The van der Waals surface area contributed by atoms with Gasteiger partial charge in [-0.1, -0.05) is 33.1 Å². The largest absolute Gasteiger partial charge is 0.356 e. The average molecular weight is 469 g/mol. The van der Waals surface area contributed by atoms with Crippen molar-refractivity contribution in [3.63, 3.8) is 0 Å². The molecule has 2 rings (SSSR count). The monoisotopic (exact) mass is 469 g/mol. The number of halogens is 1. The molecule has 0 aromatic carbocycles. The van der Waals surface area contributed by atoms with E-state index in [1.165, 1.54) is 38.5 Å². The van der Waals surface area contributed by atoms with Crippen LogP contribution in [0.2, 0.25) is 0 Å². The van der Waals surface area contributed by atoms with Crippen molar-refractivity contribution in [2.24, 2.45) is 16.8 Å². The smallest absolute Gasteiger partial charge is 0.191 e. The van der Waals surface area contributed by atoms with E-state index < -0.39 is 10.8 Å². The second kappa shape index (κ2) is 11.7. The van der Waals surface area contributed by atoms with Crippen molar-refractivity contribution in [2.45, 2.75) is 76.5 Å². The first-order valence-electron chi connectivity index (χ1n) is 9.46. The second-order valence-corrected chi connectivity index (χ2v) is 9.38. The van der Waals surface area contributed by atoms with E-state index in [9.17, 15) is 4.21 Å². The molecule has 0 aromatic rings. The lowest BCUT2D eigenvalue weighted by Gasteiger charge is -2.31. The lowest BCUT2D eigenvalue weighted by Crippen LogP contribution is -2.47. The maximum Gasteiger partial charge on any atom is 0.191 e. The minimum atomic E-state index is -0.662. The first-order valence-corrected chi connectivity index (χ1v) is 10.8. The fourth-order valence-electron chi connectivity index (χ4n) is 3.91. The van der Waals surface area contributed by atoms with Crippen LogP contribution in [0.4, 0.5) is 0 Å². The average Bonchev–Trinajstić information content (AvgIpc) is 2.59. The van der Waals surface area contributed by atoms with E-state index in [0.717, 1.165) is 42.9 Å². The molecule has 0 amide bonds. The van der Waals surface area contributed by atoms with Crippen molar-refractivity contribution in [1.82, 2.24) is 10.6 Å². The van der Waals surface area contributed by atoms with Crippen molar-refractivity contribution < 1.29 is 4.21 Å². The molecular formula is C18H36IN3OS. The van der Waals surface area contributed by atoms with Crippen LogP contribution in [0, 0.1) is 11.8 Å². The third-order valence-electron chi connectivity index (χ3n) is 5.54. The number of nitrogens with one attached hydrogen (secondary N) is 2. The zero-order valence-electron chi connectivity index (χ0n) is 15.6. The molecule has 2 N–H and O–H groups in total. The molecule has 2 saturated carbocycles. The van der Waals surface area contributed by atoms with Crippen molar-refractivity contribution in [2.75, 3.05) is 19.3 Å². The molecule has 0 heterocycles. The molecule has 0 radical (unpaired) electrons. The molecule has 142 valence electrons. The van der Waals surface area contributed by atoms with Crippen LogP contribution in [0.15, 0.2) is 4.99 Å². The maximum absolute atomic E-state index is 12.1. The van der Waals surface area contributed by atoms with Crippen LogP contribution in [-0.2, 0) is 10.8 Å². The van der Waals surface area contributed by atoms with Gasteiger partial charge >= 0.3 is 0 Å². The molecule has 6 heteroatoms. The fraction of sp³-hybridized carbons (Fsp3) is 0.944. The second-order valence-electron chi connectivity index (χ2n) is 7.38. The van der Waals surface area contributed by atoms with E-state index in [-0.39, 0.29) is 24.0 Å². The summed E-state index contributed by atoms with van der Waals surface area (Å²) in [5.74, 6) is 3.40. The van der Waals surface area contributed by atoms with Crippen LogP contribution in [0.1, 0.15) is 65.2 Å². The van der Waals surface area contributed by atoms with Crippen molar-refractivity contribution in [1.29, 1.82) is 0 Å². The molecule has 2 fully saturated rings. The van der Waals surface area contributed by atoms with E-state index in [1.807, 2.05) is 14.0 Å². The van der Waals surface area contributed by atoms with E-state index >= 15 is 0 Å². The van der Waals surface area contributed by atoms with Crippen LogP contribution in [0.5, 0.6) is 0 Å². The Morgan fingerprint density at radius 3 is 2.50 bits per heavy atom. The van der Waals surface area contributed by atoms with Crippen molar-refractivity contribution >= 4 is 40.7 Å². The highest BCUT2D eigenvalue weighted by Gasteiger charge is 2.26. The highest BCUT2D eigenvalue weighted by atomic mass is 127. The third kappa shape index (κ3) is 7.18. The predicted molar refractivity (Wildman–Crippen MR) is 116 cm³/mol. The molecule has 0 spiro atoms. The number of nitrogens with zero attached hydrogens (tertiary/aromatic N) is 1.